The predicted molar refractivity (Wildman–Crippen MR) is 59.0 cm³/mol. The number of hydrogen-bond acceptors (Lipinski definition) is 1. The molecule has 0 heterocycles. The van der Waals surface area contributed by atoms with E-state index >= 15 is 0 Å². The molecular weight excluding hydrogens is 249 g/mol. The second kappa shape index (κ2) is 5.00. The van der Waals surface area contributed by atoms with Crippen LogP contribution in [0.1, 0.15) is 20.3 Å². The highest BCUT2D eigenvalue weighted by Crippen LogP contribution is 2.10. The molecular formula is C9H16IN. The lowest BCUT2D eigenvalue weighted by atomic mass is 10.1. The van der Waals surface area contributed by atoms with Crippen LogP contribution in [-0.4, -0.2) is 28.5 Å². The topological polar surface area (TPSA) is 3.24 Å². The molecule has 1 nitrogen and oxygen atoms in total. The monoisotopic (exact) mass is 265 g/mol. The van der Waals surface area contributed by atoms with Gasteiger partial charge >= 0.3 is 0 Å². The van der Waals surface area contributed by atoms with E-state index in [1.165, 1.54) is 10.8 Å². The Morgan fingerprint density at radius 2 is 2.09 bits per heavy atom. The molecule has 0 aliphatic rings. The molecule has 0 aromatic rings. The molecule has 0 amide bonds. The van der Waals surface area contributed by atoms with E-state index in [1.54, 1.807) is 0 Å². The van der Waals surface area contributed by atoms with Crippen LogP contribution in [0.2, 0.25) is 0 Å². The van der Waals surface area contributed by atoms with Gasteiger partial charge in [-0.05, 0) is 33.9 Å². The summed E-state index contributed by atoms with van der Waals surface area (Å²) in [5.41, 5.74) is -0.0915. The first-order chi connectivity index (χ1) is 5.04. The molecule has 0 saturated heterocycles. The van der Waals surface area contributed by atoms with Gasteiger partial charge in [-0.1, -0.05) is 28.5 Å². The predicted octanol–water partition coefficient (Wildman–Crippen LogP) is 2.16. The molecule has 0 aromatic carbocycles. The number of terminal acetylenes is 1. The minimum atomic E-state index is -0.0915. The van der Waals surface area contributed by atoms with Crippen LogP contribution in [0.25, 0.3) is 0 Å². The summed E-state index contributed by atoms with van der Waals surface area (Å²) in [6.45, 7) is 5.22. The lowest BCUT2D eigenvalue weighted by molar-refractivity contribution is 0.215. The standard InChI is InChI=1S/C9H16IN/c1-5-9(2,3)11(4)8-6-7-10/h1H,6-8H2,2-4H3. The third kappa shape index (κ3) is 3.97. The van der Waals surface area contributed by atoms with Gasteiger partial charge in [0, 0.05) is 4.43 Å². The first kappa shape index (κ1) is 11.2. The summed E-state index contributed by atoms with van der Waals surface area (Å²) in [7, 11) is 2.08. The highest BCUT2D eigenvalue weighted by Gasteiger charge is 2.18. The molecule has 64 valence electrons. The van der Waals surface area contributed by atoms with Gasteiger partial charge in [0.15, 0.2) is 0 Å². The van der Waals surface area contributed by atoms with Crippen molar-refractivity contribution in [2.24, 2.45) is 0 Å². The Hall–Kier alpha value is 0.250. The van der Waals surface area contributed by atoms with Crippen molar-refractivity contribution in [1.82, 2.24) is 4.90 Å². The second-order valence-electron chi connectivity index (χ2n) is 3.17. The van der Waals surface area contributed by atoms with Crippen LogP contribution in [-0.2, 0) is 0 Å². The van der Waals surface area contributed by atoms with Gasteiger partial charge in [-0.3, -0.25) is 4.90 Å². The molecule has 0 bridgehead atoms. The number of rotatable bonds is 4. The van der Waals surface area contributed by atoms with Crippen molar-refractivity contribution in [2.75, 3.05) is 18.0 Å². The van der Waals surface area contributed by atoms with Gasteiger partial charge in [0.05, 0.1) is 5.54 Å². The van der Waals surface area contributed by atoms with Crippen molar-refractivity contribution in [2.45, 2.75) is 25.8 Å². The van der Waals surface area contributed by atoms with Crippen LogP contribution < -0.4 is 0 Å². The third-order valence-corrected chi connectivity index (χ3v) is 2.70. The fourth-order valence-corrected chi connectivity index (χ4v) is 1.03. The van der Waals surface area contributed by atoms with E-state index in [2.05, 4.69) is 54.3 Å². The molecule has 11 heavy (non-hydrogen) atoms. The molecule has 0 unspecified atom stereocenters. The van der Waals surface area contributed by atoms with Crippen LogP contribution in [0.4, 0.5) is 0 Å². The second-order valence-corrected chi connectivity index (χ2v) is 4.25. The average molecular weight is 265 g/mol. The van der Waals surface area contributed by atoms with Gasteiger partial charge in [-0.25, -0.2) is 0 Å². The van der Waals surface area contributed by atoms with Crippen molar-refractivity contribution >= 4 is 22.6 Å². The maximum atomic E-state index is 5.39. The van der Waals surface area contributed by atoms with Crippen LogP contribution >= 0.6 is 22.6 Å². The Morgan fingerprint density at radius 3 is 2.45 bits per heavy atom. The zero-order chi connectivity index (χ0) is 8.91. The van der Waals surface area contributed by atoms with E-state index in [4.69, 9.17) is 6.42 Å². The Morgan fingerprint density at radius 1 is 1.55 bits per heavy atom. The molecule has 0 aliphatic heterocycles. The number of halogens is 1. The maximum Gasteiger partial charge on any atom is 0.0763 e. The lowest BCUT2D eigenvalue weighted by Gasteiger charge is -2.30. The van der Waals surface area contributed by atoms with E-state index in [0.29, 0.717) is 0 Å². The minimum absolute atomic E-state index is 0.0915. The summed E-state index contributed by atoms with van der Waals surface area (Å²) in [6, 6.07) is 0. The first-order valence-electron chi connectivity index (χ1n) is 3.79. The van der Waals surface area contributed by atoms with Crippen molar-refractivity contribution in [3.8, 4) is 12.3 Å². The van der Waals surface area contributed by atoms with Crippen LogP contribution in [0.5, 0.6) is 0 Å². The van der Waals surface area contributed by atoms with Gasteiger partial charge in [-0.2, -0.15) is 0 Å². The van der Waals surface area contributed by atoms with Gasteiger partial charge in [-0.15, -0.1) is 6.42 Å². The van der Waals surface area contributed by atoms with Crippen molar-refractivity contribution in [1.29, 1.82) is 0 Å². The molecule has 0 atom stereocenters. The van der Waals surface area contributed by atoms with E-state index in [9.17, 15) is 0 Å². The SMILES string of the molecule is C#CC(C)(C)N(C)CCCI. The molecule has 0 fully saturated rings. The van der Waals surface area contributed by atoms with Gasteiger partial charge < -0.3 is 0 Å². The fourth-order valence-electron chi connectivity index (χ4n) is 0.687. The molecule has 2 heteroatoms. The largest absolute Gasteiger partial charge is 0.291 e. The van der Waals surface area contributed by atoms with Crippen LogP contribution in [0, 0.1) is 12.3 Å². The number of alkyl halides is 1. The lowest BCUT2D eigenvalue weighted by Crippen LogP contribution is -2.40. The average Bonchev–Trinajstić information content (AvgIpc) is 2.00. The van der Waals surface area contributed by atoms with Crippen LogP contribution in [0.15, 0.2) is 0 Å². The summed E-state index contributed by atoms with van der Waals surface area (Å²) < 4.78 is 1.20. The van der Waals surface area contributed by atoms with Gasteiger partial charge in [0.1, 0.15) is 0 Å². The summed E-state index contributed by atoms with van der Waals surface area (Å²) in [6.07, 6.45) is 6.60. The molecule has 0 spiro atoms. The Balaban J connectivity index is 3.83. The Labute approximate surface area is 83.7 Å². The summed E-state index contributed by atoms with van der Waals surface area (Å²) in [4.78, 5) is 2.21. The Bertz CT molecular complexity index is 146. The summed E-state index contributed by atoms with van der Waals surface area (Å²) >= 11 is 2.38. The molecule has 0 saturated carbocycles. The van der Waals surface area contributed by atoms with Crippen molar-refractivity contribution in [3.05, 3.63) is 0 Å². The Kier molecular flexibility index (Phi) is 5.11. The highest BCUT2D eigenvalue weighted by atomic mass is 127. The van der Waals surface area contributed by atoms with Crippen LogP contribution in [0.3, 0.4) is 0 Å². The zero-order valence-electron chi connectivity index (χ0n) is 7.52. The fraction of sp³-hybridized carbons (Fsp3) is 0.778. The molecule has 0 N–H and O–H groups in total. The highest BCUT2D eigenvalue weighted by molar-refractivity contribution is 14.1. The van der Waals surface area contributed by atoms with E-state index in [1.807, 2.05) is 0 Å². The first-order valence-corrected chi connectivity index (χ1v) is 5.32. The number of hydrogen-bond donors (Lipinski definition) is 0. The minimum Gasteiger partial charge on any atom is -0.291 e. The van der Waals surface area contributed by atoms with E-state index in [-0.39, 0.29) is 5.54 Å². The smallest absolute Gasteiger partial charge is 0.0763 e. The molecule has 0 radical (unpaired) electrons. The molecule has 0 aliphatic carbocycles. The zero-order valence-corrected chi connectivity index (χ0v) is 9.68. The summed E-state index contributed by atoms with van der Waals surface area (Å²) in [5, 5.41) is 0. The van der Waals surface area contributed by atoms with Gasteiger partial charge in [0.2, 0.25) is 0 Å². The molecule has 0 rings (SSSR count). The number of nitrogens with zero attached hydrogens (tertiary/aromatic N) is 1. The third-order valence-electron chi connectivity index (χ3n) is 1.93. The van der Waals surface area contributed by atoms with E-state index in [0.717, 1.165) is 6.54 Å². The van der Waals surface area contributed by atoms with Gasteiger partial charge in [0.25, 0.3) is 0 Å². The maximum absolute atomic E-state index is 5.39. The normalized spacial score (nSPS) is 11.6. The van der Waals surface area contributed by atoms with Crippen molar-refractivity contribution < 1.29 is 0 Å². The quantitative estimate of drug-likeness (QED) is 0.427. The molecule has 0 aromatic heterocycles. The summed E-state index contributed by atoms with van der Waals surface area (Å²) in [5.74, 6) is 2.77. The van der Waals surface area contributed by atoms with Crippen molar-refractivity contribution in [3.63, 3.8) is 0 Å². The van der Waals surface area contributed by atoms with E-state index < -0.39 is 0 Å².